The molecule has 13 heavy (non-hydrogen) atoms. The lowest BCUT2D eigenvalue weighted by atomic mass is 9.99. The van der Waals surface area contributed by atoms with Gasteiger partial charge in [-0.1, -0.05) is 13.8 Å². The van der Waals surface area contributed by atoms with Crippen molar-refractivity contribution in [2.24, 2.45) is 11.7 Å². The molecule has 0 aliphatic carbocycles. The van der Waals surface area contributed by atoms with E-state index in [0.717, 1.165) is 0 Å². The van der Waals surface area contributed by atoms with Gasteiger partial charge in [0.15, 0.2) is 5.78 Å². The lowest BCUT2D eigenvalue weighted by Gasteiger charge is -2.14. The zero-order chi connectivity index (χ0) is 10.4. The molecule has 3 N–H and O–H groups in total. The highest BCUT2D eigenvalue weighted by molar-refractivity contribution is 5.91. The van der Waals surface area contributed by atoms with Gasteiger partial charge in [-0.3, -0.25) is 14.4 Å². The lowest BCUT2D eigenvalue weighted by molar-refractivity contribution is -0.129. The van der Waals surface area contributed by atoms with Gasteiger partial charge < -0.3 is 11.1 Å². The van der Waals surface area contributed by atoms with Crippen molar-refractivity contribution in [2.45, 2.75) is 26.3 Å². The van der Waals surface area contributed by atoms with Crippen LogP contribution in [0.5, 0.6) is 0 Å². The maximum absolute atomic E-state index is 11.3. The molecule has 0 saturated heterocycles. The first kappa shape index (κ1) is 11.6. The number of nitrogens with one attached hydrogen (secondary N) is 1. The van der Waals surface area contributed by atoms with E-state index in [4.69, 9.17) is 5.73 Å². The Morgan fingerprint density at radius 2 is 2.00 bits per heavy atom. The Morgan fingerprint density at radius 1 is 1.46 bits per heavy atom. The fourth-order valence-corrected chi connectivity index (χ4v) is 0.927. The summed E-state index contributed by atoms with van der Waals surface area (Å²) < 4.78 is 0. The van der Waals surface area contributed by atoms with Gasteiger partial charge in [0.2, 0.25) is 12.3 Å². The quantitative estimate of drug-likeness (QED) is 0.532. The van der Waals surface area contributed by atoms with E-state index in [1.165, 1.54) is 0 Å². The standard InChI is InChI=1S/C8H14N2O3/c1-5(2)8(13)6(10-4-11)3-7(9)12/h4-6H,3H2,1-2H3,(H2,9,12)(H,10,11). The highest BCUT2D eigenvalue weighted by atomic mass is 16.2. The van der Waals surface area contributed by atoms with Crippen molar-refractivity contribution in [3.8, 4) is 0 Å². The average molecular weight is 186 g/mol. The first-order chi connectivity index (χ1) is 5.99. The van der Waals surface area contributed by atoms with Crippen LogP contribution in [0.4, 0.5) is 0 Å². The van der Waals surface area contributed by atoms with Crippen LogP contribution in [-0.2, 0) is 14.4 Å². The van der Waals surface area contributed by atoms with Crippen LogP contribution in [0.25, 0.3) is 0 Å². The van der Waals surface area contributed by atoms with Crippen LogP contribution >= 0.6 is 0 Å². The molecule has 0 aliphatic rings. The molecule has 0 fully saturated rings. The minimum atomic E-state index is -0.782. The second-order valence-corrected chi connectivity index (χ2v) is 3.06. The molecule has 5 heteroatoms. The van der Waals surface area contributed by atoms with Crippen LogP contribution in [0.15, 0.2) is 0 Å². The lowest BCUT2D eigenvalue weighted by Crippen LogP contribution is -2.41. The van der Waals surface area contributed by atoms with Crippen LogP contribution in [0.2, 0.25) is 0 Å². The van der Waals surface area contributed by atoms with Gasteiger partial charge in [0.05, 0.1) is 12.5 Å². The van der Waals surface area contributed by atoms with Gasteiger partial charge in [-0.15, -0.1) is 0 Å². The minimum Gasteiger partial charge on any atom is -0.370 e. The summed E-state index contributed by atoms with van der Waals surface area (Å²) in [5.41, 5.74) is 4.91. The predicted octanol–water partition coefficient (Wildman–Crippen LogP) is -0.798. The Kier molecular flexibility index (Phi) is 4.72. The number of rotatable bonds is 6. The third-order valence-corrected chi connectivity index (χ3v) is 1.59. The number of carbonyl (C=O) groups is 3. The van der Waals surface area contributed by atoms with E-state index in [0.29, 0.717) is 6.41 Å². The smallest absolute Gasteiger partial charge is 0.219 e. The average Bonchev–Trinajstić information content (AvgIpc) is 2.01. The van der Waals surface area contributed by atoms with Gasteiger partial charge >= 0.3 is 0 Å². The molecule has 0 bridgehead atoms. The summed E-state index contributed by atoms with van der Waals surface area (Å²) in [7, 11) is 0. The first-order valence-corrected chi connectivity index (χ1v) is 4.00. The third-order valence-electron chi connectivity index (χ3n) is 1.59. The van der Waals surface area contributed by atoms with Crippen LogP contribution in [0.3, 0.4) is 0 Å². The van der Waals surface area contributed by atoms with Gasteiger partial charge in [0, 0.05) is 5.92 Å². The second kappa shape index (κ2) is 5.29. The maximum atomic E-state index is 11.3. The van der Waals surface area contributed by atoms with Crippen molar-refractivity contribution in [2.75, 3.05) is 0 Å². The topological polar surface area (TPSA) is 89.3 Å². The van der Waals surface area contributed by atoms with E-state index in [1.807, 2.05) is 0 Å². The van der Waals surface area contributed by atoms with Gasteiger partial charge in [0.25, 0.3) is 0 Å². The second-order valence-electron chi connectivity index (χ2n) is 3.06. The van der Waals surface area contributed by atoms with Crippen LogP contribution in [-0.4, -0.2) is 24.1 Å². The number of nitrogens with two attached hydrogens (primary N) is 1. The third kappa shape index (κ3) is 4.25. The fraction of sp³-hybridized carbons (Fsp3) is 0.625. The van der Waals surface area contributed by atoms with Crippen molar-refractivity contribution in [1.29, 1.82) is 0 Å². The van der Waals surface area contributed by atoms with Gasteiger partial charge in [-0.05, 0) is 0 Å². The maximum Gasteiger partial charge on any atom is 0.219 e. The van der Waals surface area contributed by atoms with E-state index in [-0.39, 0.29) is 18.1 Å². The van der Waals surface area contributed by atoms with E-state index >= 15 is 0 Å². The number of hydrogen-bond acceptors (Lipinski definition) is 3. The molecule has 1 atom stereocenters. The predicted molar refractivity (Wildman–Crippen MR) is 46.6 cm³/mol. The van der Waals surface area contributed by atoms with Crippen molar-refractivity contribution >= 4 is 18.1 Å². The Hall–Kier alpha value is -1.39. The van der Waals surface area contributed by atoms with Crippen molar-refractivity contribution in [3.05, 3.63) is 0 Å². The molecule has 74 valence electrons. The van der Waals surface area contributed by atoms with Crippen LogP contribution < -0.4 is 11.1 Å². The van der Waals surface area contributed by atoms with Crippen molar-refractivity contribution in [1.82, 2.24) is 5.32 Å². The molecule has 0 aromatic rings. The van der Waals surface area contributed by atoms with Gasteiger partial charge in [-0.2, -0.15) is 0 Å². The zero-order valence-corrected chi connectivity index (χ0v) is 7.74. The normalized spacial score (nSPS) is 12.2. The Labute approximate surface area is 76.7 Å². The van der Waals surface area contributed by atoms with E-state index < -0.39 is 11.9 Å². The monoisotopic (exact) mass is 186 g/mol. The highest BCUT2D eigenvalue weighted by Gasteiger charge is 2.21. The first-order valence-electron chi connectivity index (χ1n) is 4.00. The molecule has 2 amide bonds. The van der Waals surface area contributed by atoms with E-state index in [1.54, 1.807) is 13.8 Å². The van der Waals surface area contributed by atoms with Crippen molar-refractivity contribution < 1.29 is 14.4 Å². The van der Waals surface area contributed by atoms with E-state index in [9.17, 15) is 14.4 Å². The Bertz CT molecular complexity index is 213. The van der Waals surface area contributed by atoms with Crippen LogP contribution in [0.1, 0.15) is 20.3 Å². The molecule has 0 aromatic heterocycles. The fourth-order valence-electron chi connectivity index (χ4n) is 0.927. The van der Waals surface area contributed by atoms with E-state index in [2.05, 4.69) is 5.32 Å². The molecule has 1 unspecified atom stereocenters. The molecule has 0 heterocycles. The SMILES string of the molecule is CC(C)C(=O)C(CC(N)=O)NC=O. The van der Waals surface area contributed by atoms with Gasteiger partial charge in [-0.25, -0.2) is 0 Å². The molecule has 0 aliphatic heterocycles. The summed E-state index contributed by atoms with van der Waals surface area (Å²) in [5.74, 6) is -1.02. The number of Topliss-reactive ketones (excluding diaryl/α,β-unsaturated/α-hetero) is 1. The summed E-state index contributed by atoms with van der Waals surface area (Å²) in [5, 5.41) is 2.26. The largest absolute Gasteiger partial charge is 0.370 e. The molecular weight excluding hydrogens is 172 g/mol. The molecule has 5 nitrogen and oxygen atoms in total. The Balaban J connectivity index is 4.31. The molecule has 0 aromatic carbocycles. The number of amides is 2. The molecule has 0 radical (unpaired) electrons. The number of hydrogen-bond donors (Lipinski definition) is 2. The Morgan fingerprint density at radius 3 is 2.31 bits per heavy atom. The van der Waals surface area contributed by atoms with Crippen molar-refractivity contribution in [3.63, 3.8) is 0 Å². The van der Waals surface area contributed by atoms with Crippen LogP contribution in [0, 0.1) is 5.92 Å². The number of primary amides is 1. The summed E-state index contributed by atoms with van der Waals surface area (Å²) in [6.45, 7) is 3.39. The summed E-state index contributed by atoms with van der Waals surface area (Å²) >= 11 is 0. The minimum absolute atomic E-state index is 0.143. The molecular formula is C8H14N2O3. The van der Waals surface area contributed by atoms with Gasteiger partial charge in [0.1, 0.15) is 0 Å². The zero-order valence-electron chi connectivity index (χ0n) is 7.74. The number of carbonyl (C=O) groups excluding carboxylic acids is 3. The summed E-state index contributed by atoms with van der Waals surface area (Å²) in [4.78, 5) is 32.0. The molecule has 0 rings (SSSR count). The molecule has 0 saturated carbocycles. The summed E-state index contributed by atoms with van der Waals surface area (Å²) in [6.07, 6.45) is 0.254. The summed E-state index contributed by atoms with van der Waals surface area (Å²) in [6, 6.07) is -0.782. The highest BCUT2D eigenvalue weighted by Crippen LogP contribution is 2.02. The molecule has 0 spiro atoms. The number of ketones is 1.